The van der Waals surface area contributed by atoms with Gasteiger partial charge in [-0.05, 0) is 18.2 Å². The van der Waals surface area contributed by atoms with Gasteiger partial charge in [-0.25, -0.2) is 19.4 Å². The van der Waals surface area contributed by atoms with E-state index in [1.54, 1.807) is 0 Å². The van der Waals surface area contributed by atoms with Gasteiger partial charge in [0.05, 0.1) is 17.5 Å². The molecule has 134 valence electrons. The molecule has 1 atom stereocenters. The molecule has 2 amide bonds. The molecule has 1 aliphatic rings. The van der Waals surface area contributed by atoms with E-state index in [4.69, 9.17) is 17.3 Å². The van der Waals surface area contributed by atoms with Crippen molar-refractivity contribution in [3.05, 3.63) is 52.8 Å². The Kier molecular flexibility index (Phi) is 4.81. The summed E-state index contributed by atoms with van der Waals surface area (Å²) in [5.74, 6) is -1.48. The highest BCUT2D eigenvalue weighted by atomic mass is 35.5. The van der Waals surface area contributed by atoms with E-state index in [1.165, 1.54) is 42.5 Å². The molecule has 0 bridgehead atoms. The molecule has 0 radical (unpaired) electrons. The number of aromatic nitrogens is 2. The largest absolute Gasteiger partial charge is 0.369 e. The predicted molar refractivity (Wildman–Crippen MR) is 93.1 cm³/mol. The second-order valence-electron chi connectivity index (χ2n) is 5.58. The van der Waals surface area contributed by atoms with Crippen molar-refractivity contribution in [3.8, 4) is 0 Å². The topological polar surface area (TPSA) is 114 Å². The fraction of sp³-hybridized carbons (Fsp3) is 0.188. The molecule has 26 heavy (non-hydrogen) atoms. The summed E-state index contributed by atoms with van der Waals surface area (Å²) < 4.78 is 14.2. The first-order valence-electron chi connectivity index (χ1n) is 7.53. The van der Waals surface area contributed by atoms with E-state index in [0.29, 0.717) is 10.7 Å². The highest BCUT2D eigenvalue weighted by molar-refractivity contribution is 6.30. The lowest BCUT2D eigenvalue weighted by Crippen LogP contribution is -2.42. The number of anilines is 1. The summed E-state index contributed by atoms with van der Waals surface area (Å²) in [6, 6.07) is 3.21. The van der Waals surface area contributed by atoms with Gasteiger partial charge in [-0.15, -0.1) is 0 Å². The van der Waals surface area contributed by atoms with Crippen molar-refractivity contribution < 1.29 is 14.0 Å². The normalized spacial score (nSPS) is 17.0. The van der Waals surface area contributed by atoms with Gasteiger partial charge in [-0.1, -0.05) is 11.6 Å². The molecule has 2 aromatic rings. The minimum atomic E-state index is -0.762. The molecule has 0 aliphatic carbocycles. The van der Waals surface area contributed by atoms with Crippen molar-refractivity contribution in [1.82, 2.24) is 14.9 Å². The van der Waals surface area contributed by atoms with Crippen LogP contribution in [0.2, 0.25) is 5.02 Å². The summed E-state index contributed by atoms with van der Waals surface area (Å²) in [6.45, 7) is 0. The number of guanidine groups is 1. The molecule has 1 unspecified atom stereocenters. The average Bonchev–Trinajstić information content (AvgIpc) is 2.61. The molecule has 0 saturated carbocycles. The monoisotopic (exact) mass is 376 g/mol. The second kappa shape index (κ2) is 7.04. The Bertz CT molecular complexity index is 902. The van der Waals surface area contributed by atoms with Crippen LogP contribution in [0.4, 0.5) is 10.1 Å². The van der Waals surface area contributed by atoms with E-state index in [2.05, 4.69) is 20.3 Å². The van der Waals surface area contributed by atoms with Crippen molar-refractivity contribution >= 4 is 35.1 Å². The molecule has 1 aromatic carbocycles. The summed E-state index contributed by atoms with van der Waals surface area (Å²) in [5.41, 5.74) is 6.16. The number of halogens is 2. The van der Waals surface area contributed by atoms with Crippen molar-refractivity contribution in [1.29, 1.82) is 0 Å². The first-order chi connectivity index (χ1) is 12.3. The standard InChI is InChI=1S/C16H14ClFN6O2/c1-24-13(25)5-12(23-16(24)19)10-4-9(2-3-11(10)18)22-15(26)14-20-6-8(17)7-21-14/h2-4,6-7,12H,5H2,1H3,(H2,19,23)(H,22,26). The van der Waals surface area contributed by atoms with E-state index in [0.717, 1.165) is 0 Å². The molecule has 10 heteroatoms. The molecule has 0 spiro atoms. The molecule has 2 heterocycles. The first-order valence-corrected chi connectivity index (χ1v) is 7.91. The number of hydrogen-bond acceptors (Lipinski definition) is 6. The lowest BCUT2D eigenvalue weighted by atomic mass is 10.0. The average molecular weight is 377 g/mol. The summed E-state index contributed by atoms with van der Waals surface area (Å²) >= 11 is 5.68. The lowest BCUT2D eigenvalue weighted by molar-refractivity contribution is -0.127. The van der Waals surface area contributed by atoms with Crippen molar-refractivity contribution in [2.75, 3.05) is 12.4 Å². The predicted octanol–water partition coefficient (Wildman–Crippen LogP) is 1.74. The van der Waals surface area contributed by atoms with E-state index in [9.17, 15) is 14.0 Å². The summed E-state index contributed by atoms with van der Waals surface area (Å²) in [5, 5.41) is 2.87. The number of nitrogens with one attached hydrogen (secondary N) is 1. The highest BCUT2D eigenvalue weighted by Gasteiger charge is 2.27. The van der Waals surface area contributed by atoms with Crippen LogP contribution in [0.15, 0.2) is 35.6 Å². The SMILES string of the molecule is CN1C(=O)CC(c2cc(NC(=O)c3ncc(Cl)cn3)ccc2F)N=C1N. The Morgan fingerprint density at radius 1 is 1.38 bits per heavy atom. The first kappa shape index (κ1) is 17.7. The van der Waals surface area contributed by atoms with Crippen LogP contribution in [0.5, 0.6) is 0 Å². The number of aliphatic imine (C=N–C) groups is 1. The molecule has 3 rings (SSSR count). The number of carbonyl (C=O) groups is 2. The Labute approximate surface area is 152 Å². The quantitative estimate of drug-likeness (QED) is 0.847. The van der Waals surface area contributed by atoms with Crippen LogP contribution >= 0.6 is 11.6 Å². The maximum atomic E-state index is 14.2. The fourth-order valence-corrected chi connectivity index (χ4v) is 2.49. The van der Waals surface area contributed by atoms with Gasteiger partial charge < -0.3 is 11.1 Å². The Morgan fingerprint density at radius 2 is 2.08 bits per heavy atom. The van der Waals surface area contributed by atoms with Crippen LogP contribution in [0.25, 0.3) is 0 Å². The number of carbonyl (C=O) groups excluding carboxylic acids is 2. The van der Waals surface area contributed by atoms with Crippen LogP contribution in [0.3, 0.4) is 0 Å². The second-order valence-corrected chi connectivity index (χ2v) is 6.01. The smallest absolute Gasteiger partial charge is 0.293 e. The minimum Gasteiger partial charge on any atom is -0.369 e. The van der Waals surface area contributed by atoms with Crippen LogP contribution < -0.4 is 11.1 Å². The van der Waals surface area contributed by atoms with Gasteiger partial charge >= 0.3 is 0 Å². The molecule has 0 fully saturated rings. The van der Waals surface area contributed by atoms with Gasteiger partial charge in [0.15, 0.2) is 5.96 Å². The van der Waals surface area contributed by atoms with Gasteiger partial charge in [0.2, 0.25) is 11.7 Å². The van der Waals surface area contributed by atoms with Gasteiger partial charge in [0, 0.05) is 30.7 Å². The number of nitrogens with two attached hydrogens (primary N) is 1. The molecule has 1 aliphatic heterocycles. The van der Waals surface area contributed by atoms with Gasteiger partial charge in [0.1, 0.15) is 5.82 Å². The third-order valence-corrected chi connectivity index (χ3v) is 4.01. The number of amides is 2. The number of hydrogen-bond donors (Lipinski definition) is 2. The maximum Gasteiger partial charge on any atom is 0.293 e. The van der Waals surface area contributed by atoms with Crippen molar-refractivity contribution in [3.63, 3.8) is 0 Å². The zero-order valence-corrected chi connectivity index (χ0v) is 14.4. The zero-order chi connectivity index (χ0) is 18.8. The summed E-state index contributed by atoms with van der Waals surface area (Å²) in [7, 11) is 1.50. The maximum absolute atomic E-state index is 14.2. The van der Waals surface area contributed by atoms with Crippen LogP contribution in [0.1, 0.15) is 28.6 Å². The number of rotatable bonds is 3. The van der Waals surface area contributed by atoms with Crippen LogP contribution in [-0.4, -0.2) is 39.7 Å². The Balaban J connectivity index is 1.85. The number of benzene rings is 1. The zero-order valence-electron chi connectivity index (χ0n) is 13.6. The summed E-state index contributed by atoms with van der Waals surface area (Å²) in [6.07, 6.45) is 2.56. The molecule has 3 N–H and O–H groups in total. The van der Waals surface area contributed by atoms with Gasteiger partial charge in [-0.3, -0.25) is 14.5 Å². The number of nitrogens with zero attached hydrogens (tertiary/aromatic N) is 4. The van der Waals surface area contributed by atoms with E-state index < -0.39 is 17.8 Å². The molecular formula is C16H14ClFN6O2. The fourth-order valence-electron chi connectivity index (χ4n) is 2.39. The van der Waals surface area contributed by atoms with Gasteiger partial charge in [-0.2, -0.15) is 0 Å². The Hall–Kier alpha value is -3.07. The lowest BCUT2D eigenvalue weighted by Gasteiger charge is -2.26. The third kappa shape index (κ3) is 3.62. The summed E-state index contributed by atoms with van der Waals surface area (Å²) in [4.78, 5) is 37.1. The van der Waals surface area contributed by atoms with Crippen LogP contribution in [-0.2, 0) is 4.79 Å². The van der Waals surface area contributed by atoms with E-state index in [-0.39, 0.29) is 29.7 Å². The third-order valence-electron chi connectivity index (χ3n) is 3.81. The molecular weight excluding hydrogens is 363 g/mol. The Morgan fingerprint density at radius 3 is 2.73 bits per heavy atom. The molecule has 8 nitrogen and oxygen atoms in total. The van der Waals surface area contributed by atoms with Crippen LogP contribution in [0, 0.1) is 5.82 Å². The van der Waals surface area contributed by atoms with Gasteiger partial charge in [0.25, 0.3) is 5.91 Å². The van der Waals surface area contributed by atoms with Crippen molar-refractivity contribution in [2.24, 2.45) is 10.7 Å². The molecule has 1 aromatic heterocycles. The van der Waals surface area contributed by atoms with E-state index in [1.807, 2.05) is 0 Å². The van der Waals surface area contributed by atoms with E-state index >= 15 is 0 Å². The highest BCUT2D eigenvalue weighted by Crippen LogP contribution is 2.29. The van der Waals surface area contributed by atoms with Crippen molar-refractivity contribution in [2.45, 2.75) is 12.5 Å². The minimum absolute atomic E-state index is 0.00894. The molecule has 0 saturated heterocycles.